The smallest absolute Gasteiger partial charge is 0.136 e. The first kappa shape index (κ1) is 17.2. The normalized spacial score (nSPS) is 24.0. The maximum Gasteiger partial charge on any atom is 0.136 e. The fourth-order valence-electron chi connectivity index (χ4n) is 3.95. The van der Waals surface area contributed by atoms with Crippen LogP contribution in [0.4, 0.5) is 4.39 Å². The van der Waals surface area contributed by atoms with Crippen LogP contribution in [0, 0.1) is 5.92 Å². The number of hydrogen-bond acceptors (Lipinski definition) is 0. The first-order valence-corrected chi connectivity index (χ1v) is 9.53. The Morgan fingerprint density at radius 2 is 1.42 bits per heavy atom. The van der Waals surface area contributed by atoms with Crippen molar-refractivity contribution in [2.24, 2.45) is 5.92 Å². The van der Waals surface area contributed by atoms with E-state index in [1.807, 2.05) is 12.1 Å². The molecule has 128 valence electrons. The SMILES string of the molecule is CCCc1ccc(-c2ccc(C3(F)CCC(CC)CC3)cc2)cc1. The maximum absolute atomic E-state index is 15.3. The topological polar surface area (TPSA) is 0 Å². The van der Waals surface area contributed by atoms with Crippen LogP contribution < -0.4 is 0 Å². The summed E-state index contributed by atoms with van der Waals surface area (Å²) in [5.74, 6) is 0.717. The van der Waals surface area contributed by atoms with Crippen molar-refractivity contribution in [2.75, 3.05) is 0 Å². The number of benzene rings is 2. The third-order valence-electron chi connectivity index (χ3n) is 5.70. The molecule has 2 aromatic rings. The van der Waals surface area contributed by atoms with Crippen LogP contribution in [-0.4, -0.2) is 0 Å². The molecule has 1 heteroatoms. The number of alkyl halides is 1. The predicted octanol–water partition coefficient (Wildman–Crippen LogP) is 7.07. The highest BCUT2D eigenvalue weighted by molar-refractivity contribution is 5.64. The van der Waals surface area contributed by atoms with Gasteiger partial charge in [-0.15, -0.1) is 0 Å². The second kappa shape index (κ2) is 7.51. The largest absolute Gasteiger partial charge is 0.239 e. The van der Waals surface area contributed by atoms with Crippen LogP contribution in [0.5, 0.6) is 0 Å². The lowest BCUT2D eigenvalue weighted by Crippen LogP contribution is -2.27. The summed E-state index contributed by atoms with van der Waals surface area (Å²) in [7, 11) is 0. The quantitative estimate of drug-likeness (QED) is 0.551. The highest BCUT2D eigenvalue weighted by atomic mass is 19.1. The molecule has 1 fully saturated rings. The molecule has 0 atom stereocenters. The lowest BCUT2D eigenvalue weighted by Gasteiger charge is -2.34. The molecule has 0 spiro atoms. The molecule has 0 radical (unpaired) electrons. The zero-order chi connectivity index (χ0) is 17.0. The molecule has 1 saturated carbocycles. The van der Waals surface area contributed by atoms with E-state index in [0.29, 0.717) is 12.8 Å². The zero-order valence-electron chi connectivity index (χ0n) is 15.0. The number of hydrogen-bond donors (Lipinski definition) is 0. The van der Waals surface area contributed by atoms with Crippen molar-refractivity contribution in [2.45, 2.75) is 64.5 Å². The molecule has 0 aliphatic heterocycles. The van der Waals surface area contributed by atoms with Gasteiger partial charge in [-0.25, -0.2) is 4.39 Å². The van der Waals surface area contributed by atoms with Gasteiger partial charge in [0.25, 0.3) is 0 Å². The van der Waals surface area contributed by atoms with Crippen LogP contribution in [0.3, 0.4) is 0 Å². The molecule has 2 aromatic carbocycles. The summed E-state index contributed by atoms with van der Waals surface area (Å²) in [5.41, 5.74) is 3.52. The minimum Gasteiger partial charge on any atom is -0.239 e. The van der Waals surface area contributed by atoms with Gasteiger partial charge in [0, 0.05) is 0 Å². The summed E-state index contributed by atoms with van der Waals surface area (Å²) >= 11 is 0. The monoisotopic (exact) mass is 324 g/mol. The van der Waals surface area contributed by atoms with Gasteiger partial charge >= 0.3 is 0 Å². The van der Waals surface area contributed by atoms with Gasteiger partial charge < -0.3 is 0 Å². The minimum atomic E-state index is -1.12. The van der Waals surface area contributed by atoms with Gasteiger partial charge in [-0.2, -0.15) is 0 Å². The van der Waals surface area contributed by atoms with Gasteiger partial charge in [-0.1, -0.05) is 75.2 Å². The maximum atomic E-state index is 15.3. The first-order valence-electron chi connectivity index (χ1n) is 9.53. The van der Waals surface area contributed by atoms with Gasteiger partial charge in [-0.05, 0) is 60.3 Å². The lowest BCUT2D eigenvalue weighted by atomic mass is 9.75. The molecule has 0 nitrogen and oxygen atoms in total. The zero-order valence-corrected chi connectivity index (χ0v) is 15.0. The molecule has 3 rings (SSSR count). The minimum absolute atomic E-state index is 0.677. The van der Waals surface area contributed by atoms with E-state index in [9.17, 15) is 0 Å². The molecule has 0 N–H and O–H groups in total. The lowest BCUT2D eigenvalue weighted by molar-refractivity contribution is 0.0807. The Morgan fingerprint density at radius 1 is 0.875 bits per heavy atom. The average molecular weight is 324 g/mol. The van der Waals surface area contributed by atoms with Crippen LogP contribution in [0.2, 0.25) is 0 Å². The molecule has 1 aliphatic rings. The van der Waals surface area contributed by atoms with Gasteiger partial charge in [0.15, 0.2) is 0 Å². The molecular formula is C23H29F. The molecular weight excluding hydrogens is 295 g/mol. The Hall–Kier alpha value is -1.63. The number of rotatable bonds is 5. The van der Waals surface area contributed by atoms with E-state index in [-0.39, 0.29) is 0 Å². The fourth-order valence-corrected chi connectivity index (χ4v) is 3.95. The molecule has 1 aliphatic carbocycles. The van der Waals surface area contributed by atoms with E-state index in [2.05, 4.69) is 50.2 Å². The van der Waals surface area contributed by atoms with E-state index in [4.69, 9.17) is 0 Å². The third-order valence-corrected chi connectivity index (χ3v) is 5.70. The molecule has 0 heterocycles. The molecule has 0 aromatic heterocycles. The van der Waals surface area contributed by atoms with E-state index >= 15 is 4.39 Å². The van der Waals surface area contributed by atoms with Crippen molar-refractivity contribution in [3.63, 3.8) is 0 Å². The van der Waals surface area contributed by atoms with Crippen LogP contribution in [-0.2, 0) is 12.1 Å². The van der Waals surface area contributed by atoms with E-state index in [0.717, 1.165) is 30.7 Å². The van der Waals surface area contributed by atoms with Crippen molar-refractivity contribution in [3.05, 3.63) is 59.7 Å². The van der Waals surface area contributed by atoms with Gasteiger partial charge in [0.05, 0.1) is 0 Å². The summed E-state index contributed by atoms with van der Waals surface area (Å²) < 4.78 is 15.3. The Bertz CT molecular complexity index is 631. The average Bonchev–Trinajstić information content (AvgIpc) is 2.63. The van der Waals surface area contributed by atoms with E-state index in [1.54, 1.807) is 0 Å². The highest BCUT2D eigenvalue weighted by Gasteiger charge is 2.36. The molecule has 0 unspecified atom stereocenters. The third kappa shape index (κ3) is 3.71. The summed E-state index contributed by atoms with van der Waals surface area (Å²) in [6, 6.07) is 16.9. The second-order valence-corrected chi connectivity index (χ2v) is 7.34. The van der Waals surface area contributed by atoms with Crippen LogP contribution in [0.25, 0.3) is 11.1 Å². The van der Waals surface area contributed by atoms with Crippen molar-refractivity contribution in [1.29, 1.82) is 0 Å². The van der Waals surface area contributed by atoms with Crippen molar-refractivity contribution in [1.82, 2.24) is 0 Å². The van der Waals surface area contributed by atoms with Gasteiger partial charge in [0.1, 0.15) is 5.67 Å². The molecule has 0 amide bonds. The highest BCUT2D eigenvalue weighted by Crippen LogP contribution is 2.43. The summed E-state index contributed by atoms with van der Waals surface area (Å²) in [5, 5.41) is 0. The van der Waals surface area contributed by atoms with Gasteiger partial charge in [-0.3, -0.25) is 0 Å². The molecule has 24 heavy (non-hydrogen) atoms. The summed E-state index contributed by atoms with van der Waals surface area (Å²) in [6.07, 6.45) is 6.88. The Morgan fingerprint density at radius 3 is 1.92 bits per heavy atom. The Labute approximate surface area is 146 Å². The fraction of sp³-hybridized carbons (Fsp3) is 0.478. The number of aryl methyl sites for hydroxylation is 1. The first-order chi connectivity index (χ1) is 11.6. The predicted molar refractivity (Wildman–Crippen MR) is 101 cm³/mol. The van der Waals surface area contributed by atoms with Crippen LogP contribution in [0.1, 0.15) is 63.5 Å². The van der Waals surface area contributed by atoms with Crippen LogP contribution in [0.15, 0.2) is 48.5 Å². The number of halogens is 1. The van der Waals surface area contributed by atoms with Gasteiger partial charge in [0.2, 0.25) is 0 Å². The van der Waals surface area contributed by atoms with E-state index in [1.165, 1.54) is 29.5 Å². The van der Waals surface area contributed by atoms with Crippen molar-refractivity contribution in [3.8, 4) is 11.1 Å². The standard InChI is InChI=1S/C23H29F/c1-3-5-19-6-8-20(9-7-19)21-10-12-22(13-11-21)23(24)16-14-18(4-2)15-17-23/h6-13,18H,3-5,14-17H2,1-2H3. The van der Waals surface area contributed by atoms with Crippen molar-refractivity contribution < 1.29 is 4.39 Å². The molecule has 0 saturated heterocycles. The second-order valence-electron chi connectivity index (χ2n) is 7.34. The van der Waals surface area contributed by atoms with Crippen molar-refractivity contribution >= 4 is 0 Å². The Kier molecular flexibility index (Phi) is 5.38. The summed E-state index contributed by atoms with van der Waals surface area (Å²) in [4.78, 5) is 0. The van der Waals surface area contributed by atoms with Crippen LogP contribution >= 0.6 is 0 Å². The Balaban J connectivity index is 1.73. The summed E-state index contributed by atoms with van der Waals surface area (Å²) in [6.45, 7) is 4.42. The molecule has 0 bridgehead atoms. The van der Waals surface area contributed by atoms with E-state index < -0.39 is 5.67 Å².